The molecular weight excluding hydrogens is 358 g/mol. The number of benzene rings is 1. The topological polar surface area (TPSA) is 45.2 Å². The molecule has 0 unspecified atom stereocenters. The van der Waals surface area contributed by atoms with Crippen LogP contribution in [-0.4, -0.2) is 24.5 Å². The predicted molar refractivity (Wildman–Crippen MR) is 121 cm³/mol. The van der Waals surface area contributed by atoms with Crippen LogP contribution >= 0.6 is 0 Å². The zero-order valence-electron chi connectivity index (χ0n) is 18.0. The number of aromatic nitrogens is 1. The normalized spacial score (nSPS) is 13.6. The first-order valence-electron chi connectivity index (χ1n) is 11.2. The summed E-state index contributed by atoms with van der Waals surface area (Å²) in [6, 6.07) is 8.60. The number of rotatable bonds is 11. The highest BCUT2D eigenvalue weighted by Gasteiger charge is 2.20. The van der Waals surface area contributed by atoms with Gasteiger partial charge in [0, 0.05) is 43.7 Å². The van der Waals surface area contributed by atoms with E-state index in [4.69, 9.17) is 0 Å². The molecule has 2 aromatic rings. The minimum Gasteiger partial charge on any atom is -0.315 e. The van der Waals surface area contributed by atoms with Gasteiger partial charge in [0.1, 0.15) is 0 Å². The number of hydrogen-bond acceptors (Lipinski definition) is 3. The number of nitrogens with one attached hydrogen (secondary N) is 1. The molecule has 0 atom stereocenters. The van der Waals surface area contributed by atoms with Crippen LogP contribution in [0.2, 0.25) is 0 Å². The molecule has 0 spiro atoms. The van der Waals surface area contributed by atoms with Crippen molar-refractivity contribution >= 4 is 11.6 Å². The number of unbranched alkanes of at least 4 members (excludes halogenated alkanes) is 6. The van der Waals surface area contributed by atoms with Crippen LogP contribution in [0.3, 0.4) is 0 Å². The number of pyridine rings is 1. The van der Waals surface area contributed by atoms with Crippen molar-refractivity contribution in [2.75, 3.05) is 18.5 Å². The molecule has 29 heavy (non-hydrogen) atoms. The van der Waals surface area contributed by atoms with Crippen molar-refractivity contribution in [1.29, 1.82) is 0 Å². The number of amides is 1. The minimum atomic E-state index is 0.195. The summed E-state index contributed by atoms with van der Waals surface area (Å²) in [7, 11) is 1.86. The lowest BCUT2D eigenvalue weighted by molar-refractivity contribution is -0.118. The summed E-state index contributed by atoms with van der Waals surface area (Å²) in [6.45, 7) is 4.19. The van der Waals surface area contributed by atoms with Crippen molar-refractivity contribution in [3.63, 3.8) is 0 Å². The highest BCUT2D eigenvalue weighted by molar-refractivity contribution is 5.96. The van der Waals surface area contributed by atoms with E-state index < -0.39 is 0 Å². The fraction of sp³-hybridized carbons (Fsp3) is 0.520. The monoisotopic (exact) mass is 393 g/mol. The molecule has 0 fully saturated rings. The maximum atomic E-state index is 11.9. The largest absolute Gasteiger partial charge is 0.315 e. The lowest BCUT2D eigenvalue weighted by Crippen LogP contribution is -2.30. The molecular formula is C25H35N3O. The molecule has 1 N–H and O–H groups in total. The van der Waals surface area contributed by atoms with Gasteiger partial charge in [0.2, 0.25) is 5.91 Å². The first-order valence-corrected chi connectivity index (χ1v) is 11.2. The number of carbonyl (C=O) groups is 1. The summed E-state index contributed by atoms with van der Waals surface area (Å²) in [5.41, 5.74) is 5.81. The van der Waals surface area contributed by atoms with E-state index in [0.717, 1.165) is 30.8 Å². The second-order valence-corrected chi connectivity index (χ2v) is 8.18. The summed E-state index contributed by atoms with van der Waals surface area (Å²) in [6.07, 6.45) is 14.7. The molecule has 0 bridgehead atoms. The first-order chi connectivity index (χ1) is 14.2. The third-order valence-electron chi connectivity index (χ3n) is 5.84. The van der Waals surface area contributed by atoms with Gasteiger partial charge in [-0.2, -0.15) is 0 Å². The molecule has 3 rings (SSSR count). The molecule has 0 radical (unpaired) electrons. The summed E-state index contributed by atoms with van der Waals surface area (Å²) >= 11 is 0. The van der Waals surface area contributed by atoms with Gasteiger partial charge >= 0.3 is 0 Å². The molecule has 1 aromatic carbocycles. The summed E-state index contributed by atoms with van der Waals surface area (Å²) < 4.78 is 0. The quantitative estimate of drug-likeness (QED) is 0.513. The Morgan fingerprint density at radius 2 is 1.76 bits per heavy atom. The second-order valence-electron chi connectivity index (χ2n) is 8.18. The van der Waals surface area contributed by atoms with Crippen molar-refractivity contribution in [3.05, 3.63) is 47.8 Å². The fourth-order valence-electron chi connectivity index (χ4n) is 4.02. The zero-order chi connectivity index (χ0) is 20.5. The molecule has 1 aliphatic heterocycles. The Morgan fingerprint density at radius 1 is 0.966 bits per heavy atom. The Balaban J connectivity index is 1.49. The highest BCUT2D eigenvalue weighted by atomic mass is 16.2. The summed E-state index contributed by atoms with van der Waals surface area (Å²) in [4.78, 5) is 18.1. The van der Waals surface area contributed by atoms with E-state index >= 15 is 0 Å². The van der Waals surface area contributed by atoms with Crippen molar-refractivity contribution in [3.8, 4) is 11.1 Å². The predicted octanol–water partition coefficient (Wildman–Crippen LogP) is 5.50. The molecule has 0 aliphatic carbocycles. The summed E-state index contributed by atoms with van der Waals surface area (Å²) in [5, 5.41) is 3.56. The van der Waals surface area contributed by atoms with E-state index in [-0.39, 0.29) is 5.91 Å². The molecule has 0 saturated carbocycles. The van der Waals surface area contributed by atoms with Gasteiger partial charge in [-0.25, -0.2) is 0 Å². The average Bonchev–Trinajstić information content (AvgIpc) is 2.75. The molecule has 2 heterocycles. The van der Waals surface area contributed by atoms with Crippen LogP contribution in [0, 0.1) is 0 Å². The molecule has 1 aliphatic rings. The van der Waals surface area contributed by atoms with E-state index in [1.807, 2.05) is 19.4 Å². The van der Waals surface area contributed by atoms with Gasteiger partial charge in [0.25, 0.3) is 0 Å². The van der Waals surface area contributed by atoms with E-state index in [9.17, 15) is 4.79 Å². The first kappa shape index (κ1) is 21.5. The Kier molecular flexibility index (Phi) is 8.24. The molecule has 0 saturated heterocycles. The van der Waals surface area contributed by atoms with Gasteiger partial charge in [-0.3, -0.25) is 9.78 Å². The van der Waals surface area contributed by atoms with E-state index in [0.29, 0.717) is 6.42 Å². The third kappa shape index (κ3) is 6.14. The van der Waals surface area contributed by atoms with Gasteiger partial charge in [-0.05, 0) is 54.3 Å². The van der Waals surface area contributed by atoms with Crippen molar-refractivity contribution < 1.29 is 4.79 Å². The second kappa shape index (κ2) is 11.1. The van der Waals surface area contributed by atoms with Crippen LogP contribution in [0.5, 0.6) is 0 Å². The van der Waals surface area contributed by atoms with Gasteiger partial charge in [0.15, 0.2) is 0 Å². The Bertz CT molecular complexity index is 802. The van der Waals surface area contributed by atoms with Gasteiger partial charge in [0.05, 0.1) is 0 Å². The van der Waals surface area contributed by atoms with Gasteiger partial charge in [-0.1, -0.05) is 51.5 Å². The smallest absolute Gasteiger partial charge is 0.227 e. The van der Waals surface area contributed by atoms with Crippen LogP contribution in [0.25, 0.3) is 11.1 Å². The number of carbonyl (C=O) groups excluding carboxylic acids is 1. The van der Waals surface area contributed by atoms with Crippen LogP contribution in [0.4, 0.5) is 5.69 Å². The highest BCUT2D eigenvalue weighted by Crippen LogP contribution is 2.31. The fourth-order valence-corrected chi connectivity index (χ4v) is 4.02. The Morgan fingerprint density at radius 3 is 2.59 bits per heavy atom. The molecule has 1 aromatic heterocycles. The molecule has 156 valence electrons. The van der Waals surface area contributed by atoms with Crippen molar-refractivity contribution in [2.45, 2.75) is 71.3 Å². The van der Waals surface area contributed by atoms with Crippen LogP contribution in [0.1, 0.15) is 69.4 Å². The van der Waals surface area contributed by atoms with E-state index in [1.54, 1.807) is 4.90 Å². The standard InChI is InChI=1S/C25H35N3O/c1-3-4-5-6-7-8-9-14-26-17-20-15-23(19-27-18-20)21-10-12-24-22(16-21)11-13-25(29)28(24)2/h10,12,15-16,18-19,26H,3-9,11,13-14,17H2,1-2H3. The maximum absolute atomic E-state index is 11.9. The van der Waals surface area contributed by atoms with Crippen LogP contribution in [-0.2, 0) is 17.8 Å². The number of hydrogen-bond donors (Lipinski definition) is 1. The van der Waals surface area contributed by atoms with Crippen molar-refractivity contribution in [1.82, 2.24) is 10.3 Å². The van der Waals surface area contributed by atoms with Crippen LogP contribution in [0.15, 0.2) is 36.7 Å². The molecule has 4 heteroatoms. The van der Waals surface area contributed by atoms with Crippen molar-refractivity contribution in [2.24, 2.45) is 0 Å². The zero-order valence-corrected chi connectivity index (χ0v) is 18.0. The minimum absolute atomic E-state index is 0.195. The Labute approximate surface area is 175 Å². The van der Waals surface area contributed by atoms with Gasteiger partial charge in [-0.15, -0.1) is 0 Å². The number of anilines is 1. The Hall–Kier alpha value is -2.20. The van der Waals surface area contributed by atoms with E-state index in [1.165, 1.54) is 61.6 Å². The number of nitrogens with zero attached hydrogens (tertiary/aromatic N) is 2. The van der Waals surface area contributed by atoms with E-state index in [2.05, 4.69) is 41.5 Å². The third-order valence-corrected chi connectivity index (χ3v) is 5.84. The lowest BCUT2D eigenvalue weighted by Gasteiger charge is -2.26. The van der Waals surface area contributed by atoms with Crippen LogP contribution < -0.4 is 10.2 Å². The number of fused-ring (bicyclic) bond motifs is 1. The summed E-state index contributed by atoms with van der Waals surface area (Å²) in [5.74, 6) is 0.195. The molecule has 4 nitrogen and oxygen atoms in total. The average molecular weight is 394 g/mol. The molecule has 1 amide bonds. The number of aryl methyl sites for hydroxylation is 1. The van der Waals surface area contributed by atoms with Gasteiger partial charge < -0.3 is 10.2 Å². The maximum Gasteiger partial charge on any atom is 0.227 e. The SMILES string of the molecule is CCCCCCCCCNCc1cncc(-c2ccc3c(c2)CCC(=O)N3C)c1. The lowest BCUT2D eigenvalue weighted by atomic mass is 9.96.